The van der Waals surface area contributed by atoms with Crippen LogP contribution in [-0.4, -0.2) is 9.97 Å². The number of nitrogens with two attached hydrogens (primary N) is 1. The lowest BCUT2D eigenvalue weighted by molar-refractivity contribution is 1.32. The van der Waals surface area contributed by atoms with E-state index in [1.54, 1.807) is 6.20 Å². The summed E-state index contributed by atoms with van der Waals surface area (Å²) in [5, 5.41) is 4.98. The Balaban J connectivity index is 2.31. The number of nitrogens with zero attached hydrogens (tertiary/aromatic N) is 2. The van der Waals surface area contributed by atoms with Crippen LogP contribution in [0.15, 0.2) is 41.9 Å². The minimum absolute atomic E-state index is 0.551. The Labute approximate surface area is 96.6 Å². The molecule has 0 saturated carbocycles. The summed E-state index contributed by atoms with van der Waals surface area (Å²) < 4.78 is 0. The summed E-state index contributed by atoms with van der Waals surface area (Å²) >= 11 is 1.52. The van der Waals surface area contributed by atoms with Crippen LogP contribution in [0, 0.1) is 0 Å². The molecule has 0 fully saturated rings. The molecular weight excluding hydrogens is 218 g/mol. The molecule has 3 aromatic rings. The number of nitrogen functional groups attached to an aromatic ring is 1. The summed E-state index contributed by atoms with van der Waals surface area (Å²) in [4.78, 5) is 8.65. The molecule has 2 heterocycles. The number of hydrogen-bond donors (Lipinski definition) is 1. The van der Waals surface area contributed by atoms with Crippen molar-refractivity contribution < 1.29 is 0 Å². The van der Waals surface area contributed by atoms with Gasteiger partial charge in [0, 0.05) is 17.0 Å². The van der Waals surface area contributed by atoms with Crippen molar-refractivity contribution in [3.8, 4) is 10.7 Å². The highest BCUT2D eigenvalue weighted by molar-refractivity contribution is 7.13. The van der Waals surface area contributed by atoms with Crippen LogP contribution < -0.4 is 5.73 Å². The van der Waals surface area contributed by atoms with Crippen molar-refractivity contribution >= 4 is 27.9 Å². The van der Waals surface area contributed by atoms with Crippen molar-refractivity contribution in [1.29, 1.82) is 0 Å². The topological polar surface area (TPSA) is 51.8 Å². The maximum Gasteiger partial charge on any atom is 0.144 e. The molecule has 3 rings (SSSR count). The molecule has 2 N–H and O–H groups in total. The maximum atomic E-state index is 5.63. The normalized spacial score (nSPS) is 10.8. The highest BCUT2D eigenvalue weighted by Gasteiger charge is 2.08. The van der Waals surface area contributed by atoms with E-state index in [4.69, 9.17) is 5.73 Å². The zero-order chi connectivity index (χ0) is 11.0. The Morgan fingerprint density at radius 1 is 1.12 bits per heavy atom. The van der Waals surface area contributed by atoms with Crippen molar-refractivity contribution in [3.05, 3.63) is 41.9 Å². The van der Waals surface area contributed by atoms with E-state index >= 15 is 0 Å². The fourth-order valence-electron chi connectivity index (χ4n) is 1.68. The molecule has 16 heavy (non-hydrogen) atoms. The van der Waals surface area contributed by atoms with E-state index in [0.717, 1.165) is 16.1 Å². The van der Waals surface area contributed by atoms with E-state index in [-0.39, 0.29) is 0 Å². The quantitative estimate of drug-likeness (QED) is 0.695. The third-order valence-corrected chi connectivity index (χ3v) is 3.27. The summed E-state index contributed by atoms with van der Waals surface area (Å²) in [5.74, 6) is 0.551. The lowest BCUT2D eigenvalue weighted by atomic mass is 10.1. The zero-order valence-corrected chi connectivity index (χ0v) is 9.24. The average Bonchev–Trinajstić information content (AvgIpc) is 2.75. The molecule has 4 heteroatoms. The third kappa shape index (κ3) is 1.44. The van der Waals surface area contributed by atoms with Crippen LogP contribution in [0.5, 0.6) is 0 Å². The summed E-state index contributed by atoms with van der Waals surface area (Å²) in [6, 6.07) is 10.1. The van der Waals surface area contributed by atoms with Gasteiger partial charge in [-0.05, 0) is 11.5 Å². The number of hydrogen-bond acceptors (Lipinski definition) is 4. The fourth-order valence-corrected chi connectivity index (χ4v) is 2.40. The minimum Gasteiger partial charge on any atom is -0.383 e. The SMILES string of the molecule is Nc1csc(-c2nccc3ccccc23)n1. The van der Waals surface area contributed by atoms with E-state index in [1.807, 2.05) is 23.6 Å². The van der Waals surface area contributed by atoms with Gasteiger partial charge in [-0.15, -0.1) is 11.3 Å². The lowest BCUT2D eigenvalue weighted by Gasteiger charge is -2.01. The Hall–Kier alpha value is -1.94. The highest BCUT2D eigenvalue weighted by atomic mass is 32.1. The number of aromatic nitrogens is 2. The number of pyridine rings is 1. The van der Waals surface area contributed by atoms with Crippen molar-refractivity contribution in [2.24, 2.45) is 0 Å². The smallest absolute Gasteiger partial charge is 0.144 e. The van der Waals surface area contributed by atoms with E-state index in [1.165, 1.54) is 16.7 Å². The van der Waals surface area contributed by atoms with Crippen molar-refractivity contribution in [2.45, 2.75) is 0 Å². The molecule has 0 unspecified atom stereocenters. The van der Waals surface area contributed by atoms with Crippen LogP contribution in [-0.2, 0) is 0 Å². The first-order valence-corrected chi connectivity index (χ1v) is 5.78. The first-order chi connectivity index (χ1) is 7.84. The number of anilines is 1. The predicted molar refractivity (Wildman–Crippen MR) is 67.3 cm³/mol. The molecule has 78 valence electrons. The van der Waals surface area contributed by atoms with Crippen LogP contribution in [0.4, 0.5) is 5.82 Å². The standard InChI is InChI=1S/C12H9N3S/c13-10-7-16-12(15-10)11-9-4-2-1-3-8(9)5-6-14-11/h1-7H,13H2. The van der Waals surface area contributed by atoms with Gasteiger partial charge >= 0.3 is 0 Å². The largest absolute Gasteiger partial charge is 0.383 e. The molecule has 3 nitrogen and oxygen atoms in total. The van der Waals surface area contributed by atoms with Crippen LogP contribution in [0.25, 0.3) is 21.5 Å². The Morgan fingerprint density at radius 2 is 2.00 bits per heavy atom. The van der Waals surface area contributed by atoms with Gasteiger partial charge in [0.15, 0.2) is 0 Å². The molecule has 0 saturated heterocycles. The summed E-state index contributed by atoms with van der Waals surface area (Å²) in [6.07, 6.45) is 1.80. The number of rotatable bonds is 1. The van der Waals surface area contributed by atoms with Gasteiger partial charge in [0.2, 0.25) is 0 Å². The predicted octanol–water partition coefficient (Wildman–Crippen LogP) is 2.94. The maximum absolute atomic E-state index is 5.63. The van der Waals surface area contributed by atoms with Gasteiger partial charge in [-0.1, -0.05) is 24.3 Å². The minimum atomic E-state index is 0.551. The van der Waals surface area contributed by atoms with Gasteiger partial charge in [0.1, 0.15) is 16.5 Å². The Kier molecular flexibility index (Phi) is 2.08. The van der Waals surface area contributed by atoms with Gasteiger partial charge in [0.05, 0.1) is 0 Å². The Morgan fingerprint density at radius 3 is 2.81 bits per heavy atom. The van der Waals surface area contributed by atoms with E-state index < -0.39 is 0 Å². The first kappa shape index (κ1) is 9.30. The molecule has 0 atom stereocenters. The van der Waals surface area contributed by atoms with Gasteiger partial charge in [-0.3, -0.25) is 4.98 Å². The molecule has 0 aliphatic rings. The van der Waals surface area contributed by atoms with Crippen molar-refractivity contribution in [2.75, 3.05) is 5.73 Å². The molecule has 0 aliphatic heterocycles. The molecule has 0 radical (unpaired) electrons. The van der Waals surface area contributed by atoms with E-state index in [9.17, 15) is 0 Å². The Bertz CT molecular complexity index is 640. The van der Waals surface area contributed by atoms with Crippen molar-refractivity contribution in [1.82, 2.24) is 9.97 Å². The first-order valence-electron chi connectivity index (χ1n) is 4.90. The average molecular weight is 227 g/mol. The second-order valence-electron chi connectivity index (χ2n) is 3.46. The highest BCUT2D eigenvalue weighted by Crippen LogP contribution is 2.29. The summed E-state index contributed by atoms with van der Waals surface area (Å²) in [5.41, 5.74) is 6.53. The monoisotopic (exact) mass is 227 g/mol. The molecule has 0 aliphatic carbocycles. The lowest BCUT2D eigenvalue weighted by Crippen LogP contribution is -1.87. The molecule has 0 spiro atoms. The van der Waals surface area contributed by atoms with Crippen molar-refractivity contribution in [3.63, 3.8) is 0 Å². The number of fused-ring (bicyclic) bond motifs is 1. The molecule has 0 bridgehead atoms. The van der Waals surface area contributed by atoms with E-state index in [0.29, 0.717) is 5.82 Å². The summed E-state index contributed by atoms with van der Waals surface area (Å²) in [7, 11) is 0. The van der Waals surface area contributed by atoms with Crippen LogP contribution in [0.2, 0.25) is 0 Å². The van der Waals surface area contributed by atoms with Crippen LogP contribution in [0.3, 0.4) is 0 Å². The second-order valence-corrected chi connectivity index (χ2v) is 4.32. The molecular formula is C12H9N3S. The molecule has 2 aromatic heterocycles. The number of benzene rings is 1. The van der Waals surface area contributed by atoms with Gasteiger partial charge in [0.25, 0.3) is 0 Å². The van der Waals surface area contributed by atoms with Gasteiger partial charge in [-0.25, -0.2) is 4.98 Å². The third-order valence-electron chi connectivity index (χ3n) is 2.40. The fraction of sp³-hybridized carbons (Fsp3) is 0. The van der Waals surface area contributed by atoms with Gasteiger partial charge in [-0.2, -0.15) is 0 Å². The van der Waals surface area contributed by atoms with Crippen LogP contribution in [0.1, 0.15) is 0 Å². The van der Waals surface area contributed by atoms with Crippen LogP contribution >= 0.6 is 11.3 Å². The molecule has 1 aromatic carbocycles. The molecule has 0 amide bonds. The zero-order valence-electron chi connectivity index (χ0n) is 8.42. The summed E-state index contributed by atoms with van der Waals surface area (Å²) in [6.45, 7) is 0. The number of thiazole rings is 1. The van der Waals surface area contributed by atoms with Gasteiger partial charge < -0.3 is 5.73 Å². The second kappa shape index (κ2) is 3.57. The van der Waals surface area contributed by atoms with E-state index in [2.05, 4.69) is 22.1 Å².